The molecule has 0 aliphatic carbocycles. The molecule has 0 saturated carbocycles. The Morgan fingerprint density at radius 2 is 2.04 bits per heavy atom. The van der Waals surface area contributed by atoms with E-state index < -0.39 is 9.84 Å². The smallest absolute Gasteiger partial charge is 0.221 e. The third kappa shape index (κ3) is 6.76. The first-order chi connectivity index (χ1) is 10.8. The van der Waals surface area contributed by atoms with E-state index in [9.17, 15) is 13.2 Å². The minimum Gasteiger partial charge on any atom is -0.495 e. The second kappa shape index (κ2) is 9.10. The number of hydrogen-bond acceptors (Lipinski definition) is 5. The normalized spacial score (nSPS) is 11.5. The summed E-state index contributed by atoms with van der Waals surface area (Å²) in [6.45, 7) is 4.54. The van der Waals surface area contributed by atoms with Crippen LogP contribution in [0.3, 0.4) is 0 Å². The lowest BCUT2D eigenvalue weighted by molar-refractivity contribution is -0.121. The molecule has 1 amide bonds. The molecular formula is C15H22ClNO5S. The van der Waals surface area contributed by atoms with E-state index in [0.717, 1.165) is 0 Å². The summed E-state index contributed by atoms with van der Waals surface area (Å²) in [5.41, 5.74) is 0. The summed E-state index contributed by atoms with van der Waals surface area (Å²) in [6, 6.07) is 4.22. The molecule has 6 nitrogen and oxygen atoms in total. The molecule has 1 N–H and O–H groups in total. The van der Waals surface area contributed by atoms with Gasteiger partial charge in [-0.05, 0) is 32.0 Å². The molecule has 1 aromatic rings. The van der Waals surface area contributed by atoms with E-state index in [1.165, 1.54) is 25.3 Å². The fraction of sp³-hybridized carbons (Fsp3) is 0.533. The van der Waals surface area contributed by atoms with Crippen molar-refractivity contribution in [3.63, 3.8) is 0 Å². The molecule has 0 unspecified atom stereocenters. The molecular weight excluding hydrogens is 342 g/mol. The molecule has 0 atom stereocenters. The zero-order valence-electron chi connectivity index (χ0n) is 13.5. The number of carbonyl (C=O) groups excluding carboxylic acids is 1. The van der Waals surface area contributed by atoms with Gasteiger partial charge in [0.05, 0.1) is 35.5 Å². The van der Waals surface area contributed by atoms with E-state index in [-0.39, 0.29) is 34.1 Å². The fourth-order valence-corrected chi connectivity index (χ4v) is 3.34. The Kier molecular flexibility index (Phi) is 7.81. The minimum atomic E-state index is -3.58. The fourth-order valence-electron chi connectivity index (χ4n) is 1.76. The molecule has 1 aromatic carbocycles. The van der Waals surface area contributed by atoms with Crippen molar-refractivity contribution in [1.29, 1.82) is 0 Å². The number of carbonyl (C=O) groups is 1. The number of ether oxygens (including phenoxy) is 2. The van der Waals surface area contributed by atoms with Crippen LogP contribution in [0.15, 0.2) is 23.1 Å². The standard InChI is InChI=1S/C15H22ClNO5S/c1-11(2)22-8-7-17-15(18)6-9-23(19,20)12-4-5-14(21-3)13(16)10-12/h4-5,10-11H,6-9H2,1-3H3,(H,17,18). The zero-order chi connectivity index (χ0) is 17.5. The summed E-state index contributed by atoms with van der Waals surface area (Å²) in [4.78, 5) is 11.7. The first kappa shape index (κ1) is 19.7. The van der Waals surface area contributed by atoms with Gasteiger partial charge in [0.2, 0.25) is 5.91 Å². The second-order valence-corrected chi connectivity index (χ2v) is 7.65. The molecule has 0 aromatic heterocycles. The number of methoxy groups -OCH3 is 1. The molecule has 23 heavy (non-hydrogen) atoms. The molecule has 8 heteroatoms. The summed E-state index contributed by atoms with van der Waals surface area (Å²) in [6.07, 6.45) is -0.0275. The SMILES string of the molecule is COc1ccc(S(=O)(=O)CCC(=O)NCCOC(C)C)cc1Cl. The van der Waals surface area contributed by atoms with E-state index in [2.05, 4.69) is 5.32 Å². The number of halogens is 1. The summed E-state index contributed by atoms with van der Waals surface area (Å²) < 4.78 is 34.7. The van der Waals surface area contributed by atoms with Crippen molar-refractivity contribution < 1.29 is 22.7 Å². The van der Waals surface area contributed by atoms with Gasteiger partial charge in [-0.3, -0.25) is 4.79 Å². The molecule has 0 spiro atoms. The van der Waals surface area contributed by atoms with Gasteiger partial charge < -0.3 is 14.8 Å². The van der Waals surface area contributed by atoms with Gasteiger partial charge in [0.15, 0.2) is 9.84 Å². The Morgan fingerprint density at radius 1 is 1.35 bits per heavy atom. The zero-order valence-corrected chi connectivity index (χ0v) is 15.0. The van der Waals surface area contributed by atoms with Gasteiger partial charge in [-0.15, -0.1) is 0 Å². The van der Waals surface area contributed by atoms with Crippen LogP contribution >= 0.6 is 11.6 Å². The highest BCUT2D eigenvalue weighted by Crippen LogP contribution is 2.27. The lowest BCUT2D eigenvalue weighted by Crippen LogP contribution is -2.29. The van der Waals surface area contributed by atoms with Crippen LogP contribution in [0.5, 0.6) is 5.75 Å². The highest BCUT2D eigenvalue weighted by Gasteiger charge is 2.18. The molecule has 0 heterocycles. The van der Waals surface area contributed by atoms with Gasteiger partial charge in [0.25, 0.3) is 0 Å². The van der Waals surface area contributed by atoms with E-state index in [1.54, 1.807) is 0 Å². The molecule has 0 radical (unpaired) electrons. The van der Waals surface area contributed by atoms with Crippen molar-refractivity contribution >= 4 is 27.3 Å². The molecule has 0 aliphatic rings. The Morgan fingerprint density at radius 3 is 2.61 bits per heavy atom. The maximum Gasteiger partial charge on any atom is 0.221 e. The molecule has 130 valence electrons. The van der Waals surface area contributed by atoms with Crippen LogP contribution in [0, 0.1) is 0 Å². The number of amides is 1. The molecule has 0 saturated heterocycles. The first-order valence-electron chi connectivity index (χ1n) is 7.21. The van der Waals surface area contributed by atoms with Crippen LogP contribution in [0.1, 0.15) is 20.3 Å². The van der Waals surface area contributed by atoms with E-state index in [0.29, 0.717) is 18.9 Å². The topological polar surface area (TPSA) is 81.7 Å². The molecule has 0 fully saturated rings. The minimum absolute atomic E-state index is 0.0687. The molecule has 0 aliphatic heterocycles. The van der Waals surface area contributed by atoms with Gasteiger partial charge in [0.1, 0.15) is 5.75 Å². The van der Waals surface area contributed by atoms with Crippen LogP contribution in [0.2, 0.25) is 5.02 Å². The van der Waals surface area contributed by atoms with Crippen LogP contribution in [-0.2, 0) is 19.4 Å². The predicted octanol–water partition coefficient (Wildman–Crippen LogP) is 2.05. The van der Waals surface area contributed by atoms with E-state index in [4.69, 9.17) is 21.1 Å². The summed E-state index contributed by atoms with van der Waals surface area (Å²) in [5, 5.41) is 2.83. The molecule has 1 rings (SSSR count). The number of rotatable bonds is 9. The van der Waals surface area contributed by atoms with Gasteiger partial charge in [0, 0.05) is 13.0 Å². The van der Waals surface area contributed by atoms with E-state index >= 15 is 0 Å². The lowest BCUT2D eigenvalue weighted by atomic mass is 10.3. The largest absolute Gasteiger partial charge is 0.495 e. The quantitative estimate of drug-likeness (QED) is 0.679. The monoisotopic (exact) mass is 363 g/mol. The van der Waals surface area contributed by atoms with Crippen molar-refractivity contribution in [3.8, 4) is 5.75 Å². The van der Waals surface area contributed by atoms with Crippen molar-refractivity contribution in [2.24, 2.45) is 0 Å². The highest BCUT2D eigenvalue weighted by atomic mass is 35.5. The average Bonchev–Trinajstić information content (AvgIpc) is 2.49. The predicted molar refractivity (Wildman–Crippen MR) is 88.8 cm³/mol. The summed E-state index contributed by atoms with van der Waals surface area (Å²) in [7, 11) is -2.13. The summed E-state index contributed by atoms with van der Waals surface area (Å²) in [5.74, 6) is -0.221. The maximum absolute atomic E-state index is 12.2. The first-order valence-corrected chi connectivity index (χ1v) is 9.24. The number of benzene rings is 1. The maximum atomic E-state index is 12.2. The van der Waals surface area contributed by atoms with Crippen LogP contribution in [0.25, 0.3) is 0 Å². The van der Waals surface area contributed by atoms with Crippen LogP contribution in [0.4, 0.5) is 0 Å². The number of nitrogens with one attached hydrogen (secondary N) is 1. The van der Waals surface area contributed by atoms with E-state index in [1.807, 2.05) is 13.8 Å². The van der Waals surface area contributed by atoms with Crippen LogP contribution < -0.4 is 10.1 Å². The Labute approximate surface area is 142 Å². The highest BCUT2D eigenvalue weighted by molar-refractivity contribution is 7.91. The van der Waals surface area contributed by atoms with Crippen molar-refractivity contribution in [2.45, 2.75) is 31.3 Å². The Hall–Kier alpha value is -1.31. The lowest BCUT2D eigenvalue weighted by Gasteiger charge is -2.09. The number of hydrogen-bond donors (Lipinski definition) is 1. The number of sulfone groups is 1. The van der Waals surface area contributed by atoms with Gasteiger partial charge in [-0.2, -0.15) is 0 Å². The average molecular weight is 364 g/mol. The van der Waals surface area contributed by atoms with Gasteiger partial charge in [-0.25, -0.2) is 8.42 Å². The van der Waals surface area contributed by atoms with Crippen molar-refractivity contribution in [1.82, 2.24) is 5.32 Å². The molecule has 0 bridgehead atoms. The van der Waals surface area contributed by atoms with Gasteiger partial charge >= 0.3 is 0 Å². The third-order valence-corrected chi connectivity index (χ3v) is 4.96. The Bertz CT molecular complexity index is 631. The van der Waals surface area contributed by atoms with Crippen molar-refractivity contribution in [3.05, 3.63) is 23.2 Å². The Balaban J connectivity index is 2.52. The second-order valence-electron chi connectivity index (χ2n) is 5.13. The third-order valence-electron chi connectivity index (χ3n) is 2.96. The summed E-state index contributed by atoms with van der Waals surface area (Å²) >= 11 is 5.93. The van der Waals surface area contributed by atoms with Crippen LogP contribution in [-0.4, -0.2) is 46.4 Å². The van der Waals surface area contributed by atoms with Crippen molar-refractivity contribution in [2.75, 3.05) is 26.0 Å². The van der Waals surface area contributed by atoms with Gasteiger partial charge in [-0.1, -0.05) is 11.6 Å².